The van der Waals surface area contributed by atoms with Gasteiger partial charge in [-0.15, -0.1) is 11.6 Å². The smallest absolute Gasteiger partial charge is 0.383 e. The van der Waals surface area contributed by atoms with Gasteiger partial charge >= 0.3 is 6.18 Å². The van der Waals surface area contributed by atoms with Crippen LogP contribution < -0.4 is 5.32 Å². The normalized spacial score (nSPS) is 25.2. The summed E-state index contributed by atoms with van der Waals surface area (Å²) < 4.78 is 42.6. The quantitative estimate of drug-likeness (QED) is 0.765. The molecule has 3 nitrogen and oxygen atoms in total. The molecule has 0 aliphatic heterocycles. The fourth-order valence-electron chi connectivity index (χ4n) is 2.53. The van der Waals surface area contributed by atoms with Gasteiger partial charge in [-0.1, -0.05) is 0 Å². The zero-order valence-electron chi connectivity index (χ0n) is 11.5. The second-order valence-electron chi connectivity index (χ2n) is 5.23. The highest BCUT2D eigenvalue weighted by atomic mass is 35.5. The van der Waals surface area contributed by atoms with Crippen LogP contribution in [0.3, 0.4) is 0 Å². The van der Waals surface area contributed by atoms with Crippen molar-refractivity contribution in [2.45, 2.75) is 44.3 Å². The van der Waals surface area contributed by atoms with E-state index in [4.69, 9.17) is 16.3 Å². The number of hydrogen-bond donors (Lipinski definition) is 1. The van der Waals surface area contributed by atoms with Crippen LogP contribution in [-0.2, 0) is 9.53 Å². The zero-order chi connectivity index (χ0) is 15.2. The Morgan fingerprint density at radius 3 is 2.40 bits per heavy atom. The lowest BCUT2D eigenvalue weighted by Gasteiger charge is -2.30. The molecule has 0 aromatic carbocycles. The van der Waals surface area contributed by atoms with E-state index in [0.717, 1.165) is 0 Å². The van der Waals surface area contributed by atoms with E-state index < -0.39 is 12.1 Å². The Morgan fingerprint density at radius 2 is 1.95 bits per heavy atom. The molecule has 1 N–H and O–H groups in total. The summed E-state index contributed by atoms with van der Waals surface area (Å²) in [5.41, 5.74) is 0. The molecule has 1 amide bonds. The predicted molar refractivity (Wildman–Crippen MR) is 70.6 cm³/mol. The molecule has 0 radical (unpaired) electrons. The first-order valence-corrected chi connectivity index (χ1v) is 7.34. The Labute approximate surface area is 122 Å². The van der Waals surface area contributed by atoms with Crippen molar-refractivity contribution in [1.29, 1.82) is 0 Å². The molecule has 0 aromatic heterocycles. The van der Waals surface area contributed by atoms with Gasteiger partial charge in [-0.2, -0.15) is 13.2 Å². The van der Waals surface area contributed by atoms with E-state index in [2.05, 4.69) is 5.32 Å². The Morgan fingerprint density at radius 1 is 1.35 bits per heavy atom. The van der Waals surface area contributed by atoms with E-state index in [1.54, 1.807) is 0 Å². The SMILES string of the molecule is COCC(CCCl)NC(=O)C1CCC(C(F)(F)F)CC1. The molecule has 0 heterocycles. The summed E-state index contributed by atoms with van der Waals surface area (Å²) >= 11 is 5.64. The van der Waals surface area contributed by atoms with Crippen molar-refractivity contribution in [2.75, 3.05) is 19.6 Å². The van der Waals surface area contributed by atoms with Crippen LogP contribution in [-0.4, -0.2) is 37.7 Å². The monoisotopic (exact) mass is 315 g/mol. The van der Waals surface area contributed by atoms with Crippen molar-refractivity contribution in [1.82, 2.24) is 5.32 Å². The molecule has 118 valence electrons. The molecule has 0 saturated heterocycles. The van der Waals surface area contributed by atoms with E-state index in [0.29, 0.717) is 18.9 Å². The minimum atomic E-state index is -4.14. The number of nitrogens with one attached hydrogen (secondary N) is 1. The summed E-state index contributed by atoms with van der Waals surface area (Å²) in [6.07, 6.45) is -2.91. The van der Waals surface area contributed by atoms with Gasteiger partial charge in [-0.3, -0.25) is 4.79 Å². The Hall–Kier alpha value is -0.490. The molecule has 1 fully saturated rings. The van der Waals surface area contributed by atoms with E-state index >= 15 is 0 Å². The van der Waals surface area contributed by atoms with Gasteiger partial charge in [0.1, 0.15) is 0 Å². The lowest BCUT2D eigenvalue weighted by Crippen LogP contribution is -2.43. The summed E-state index contributed by atoms with van der Waals surface area (Å²) in [5.74, 6) is -1.37. The molecule has 1 rings (SSSR count). The minimum absolute atomic E-state index is 0.0338. The highest BCUT2D eigenvalue weighted by molar-refractivity contribution is 6.17. The topological polar surface area (TPSA) is 38.3 Å². The largest absolute Gasteiger partial charge is 0.391 e. The number of alkyl halides is 4. The highest BCUT2D eigenvalue weighted by Crippen LogP contribution is 2.39. The number of rotatable bonds is 6. The second kappa shape index (κ2) is 8.08. The lowest BCUT2D eigenvalue weighted by atomic mass is 9.81. The zero-order valence-corrected chi connectivity index (χ0v) is 12.3. The van der Waals surface area contributed by atoms with Gasteiger partial charge in [0, 0.05) is 18.9 Å². The molecule has 1 unspecified atom stereocenters. The van der Waals surface area contributed by atoms with E-state index in [1.807, 2.05) is 0 Å². The molecule has 1 aliphatic carbocycles. The number of halogens is 4. The third kappa shape index (κ3) is 5.48. The van der Waals surface area contributed by atoms with E-state index in [1.165, 1.54) is 7.11 Å². The van der Waals surface area contributed by atoms with E-state index in [9.17, 15) is 18.0 Å². The minimum Gasteiger partial charge on any atom is -0.383 e. The molecule has 1 aliphatic rings. The van der Waals surface area contributed by atoms with Crippen LogP contribution in [0.2, 0.25) is 0 Å². The Bertz CT molecular complexity index is 298. The molecule has 0 bridgehead atoms. The van der Waals surface area contributed by atoms with Crippen LogP contribution in [0.15, 0.2) is 0 Å². The van der Waals surface area contributed by atoms with Gasteiger partial charge in [0.15, 0.2) is 0 Å². The fraction of sp³-hybridized carbons (Fsp3) is 0.923. The van der Waals surface area contributed by atoms with Crippen molar-refractivity contribution in [3.05, 3.63) is 0 Å². The molecule has 0 spiro atoms. The van der Waals surface area contributed by atoms with Crippen molar-refractivity contribution < 1.29 is 22.7 Å². The van der Waals surface area contributed by atoms with Crippen molar-refractivity contribution in [3.8, 4) is 0 Å². The lowest BCUT2D eigenvalue weighted by molar-refractivity contribution is -0.184. The third-order valence-electron chi connectivity index (χ3n) is 3.73. The van der Waals surface area contributed by atoms with Gasteiger partial charge < -0.3 is 10.1 Å². The fourth-order valence-corrected chi connectivity index (χ4v) is 2.80. The highest BCUT2D eigenvalue weighted by Gasteiger charge is 2.42. The number of hydrogen-bond acceptors (Lipinski definition) is 2. The molecule has 1 atom stereocenters. The summed E-state index contributed by atoms with van der Waals surface area (Å²) in [6, 6.07) is -0.176. The molecular formula is C13H21ClF3NO2. The third-order valence-corrected chi connectivity index (χ3v) is 3.95. The van der Waals surface area contributed by atoms with Gasteiger partial charge in [0.05, 0.1) is 18.6 Å². The molecule has 7 heteroatoms. The predicted octanol–water partition coefficient (Wildman–Crippen LogP) is 3.12. The molecular weight excluding hydrogens is 295 g/mol. The van der Waals surface area contributed by atoms with Crippen LogP contribution in [0, 0.1) is 11.8 Å². The summed E-state index contributed by atoms with van der Waals surface area (Å²) in [7, 11) is 1.53. The van der Waals surface area contributed by atoms with E-state index in [-0.39, 0.29) is 43.6 Å². The molecule has 0 aromatic rings. The van der Waals surface area contributed by atoms with Crippen molar-refractivity contribution in [2.24, 2.45) is 11.8 Å². The number of amides is 1. The Balaban J connectivity index is 2.42. The van der Waals surface area contributed by atoms with Crippen molar-refractivity contribution in [3.63, 3.8) is 0 Å². The average Bonchev–Trinajstić information content (AvgIpc) is 2.38. The summed E-state index contributed by atoms with van der Waals surface area (Å²) in [5, 5.41) is 2.81. The average molecular weight is 316 g/mol. The summed E-state index contributed by atoms with van der Waals surface area (Å²) in [6.45, 7) is 0.357. The maximum absolute atomic E-state index is 12.5. The number of carbonyl (C=O) groups excluding carboxylic acids is 1. The first-order valence-electron chi connectivity index (χ1n) is 6.80. The van der Waals surface area contributed by atoms with Gasteiger partial charge in [-0.05, 0) is 32.1 Å². The first-order chi connectivity index (χ1) is 9.38. The number of ether oxygens (including phenoxy) is 1. The van der Waals surface area contributed by atoms with Gasteiger partial charge in [0.2, 0.25) is 5.91 Å². The maximum atomic E-state index is 12.5. The van der Waals surface area contributed by atoms with Crippen molar-refractivity contribution >= 4 is 17.5 Å². The van der Waals surface area contributed by atoms with Crippen LogP contribution in [0.5, 0.6) is 0 Å². The molecule has 1 saturated carbocycles. The first kappa shape index (κ1) is 17.6. The van der Waals surface area contributed by atoms with Crippen LogP contribution >= 0.6 is 11.6 Å². The van der Waals surface area contributed by atoms with Crippen LogP contribution in [0.1, 0.15) is 32.1 Å². The van der Waals surface area contributed by atoms with Crippen LogP contribution in [0.4, 0.5) is 13.2 Å². The number of methoxy groups -OCH3 is 1. The van der Waals surface area contributed by atoms with Gasteiger partial charge in [-0.25, -0.2) is 0 Å². The van der Waals surface area contributed by atoms with Gasteiger partial charge in [0.25, 0.3) is 0 Å². The van der Waals surface area contributed by atoms with Crippen LogP contribution in [0.25, 0.3) is 0 Å². The summed E-state index contributed by atoms with van der Waals surface area (Å²) in [4.78, 5) is 12.0. The second-order valence-corrected chi connectivity index (χ2v) is 5.61. The maximum Gasteiger partial charge on any atom is 0.391 e. The Kier molecular flexibility index (Phi) is 7.09. The molecule has 20 heavy (non-hydrogen) atoms. The standard InChI is InChI=1S/C13H21ClF3NO2/c1-20-8-11(6-7-14)18-12(19)9-2-4-10(5-3-9)13(15,16)17/h9-11H,2-8H2,1H3,(H,18,19). The number of carbonyl (C=O) groups is 1.